The summed E-state index contributed by atoms with van der Waals surface area (Å²) in [7, 11) is 1.36. The highest BCUT2D eigenvalue weighted by Crippen LogP contribution is 2.17. The Morgan fingerprint density at radius 1 is 1.22 bits per heavy atom. The van der Waals surface area contributed by atoms with Crippen LogP contribution in [0.5, 0.6) is 0 Å². The maximum Gasteiger partial charge on any atom is 0.341 e. The van der Waals surface area contributed by atoms with Crippen molar-refractivity contribution in [2.24, 2.45) is 0 Å². The third-order valence-corrected chi connectivity index (χ3v) is 2.58. The topological polar surface area (TPSA) is 39.4 Å². The lowest BCUT2D eigenvalue weighted by Crippen LogP contribution is -2.00. The highest BCUT2D eigenvalue weighted by atomic mass is 16.5. The zero-order valence-corrected chi connectivity index (χ0v) is 10.3. The van der Waals surface area contributed by atoms with E-state index < -0.39 is 0 Å². The van der Waals surface area contributed by atoms with Crippen LogP contribution in [0.15, 0.2) is 40.8 Å². The molecule has 0 N–H and O–H groups in total. The molecule has 0 saturated heterocycles. The van der Waals surface area contributed by atoms with Crippen LogP contribution >= 0.6 is 0 Å². The maximum atomic E-state index is 11.4. The second-order valence-electron chi connectivity index (χ2n) is 3.85. The second-order valence-corrected chi connectivity index (χ2v) is 3.85. The quantitative estimate of drug-likeness (QED) is 0.773. The summed E-state index contributed by atoms with van der Waals surface area (Å²) in [4.78, 5) is 11.4. The minimum absolute atomic E-state index is 0.379. The fraction of sp³-hybridized carbons (Fsp3) is 0.133. The molecule has 2 rings (SSSR count). The summed E-state index contributed by atoms with van der Waals surface area (Å²) >= 11 is 0. The molecule has 1 aromatic heterocycles. The van der Waals surface area contributed by atoms with Gasteiger partial charge < -0.3 is 9.15 Å². The van der Waals surface area contributed by atoms with E-state index in [0.717, 1.165) is 5.56 Å². The van der Waals surface area contributed by atoms with E-state index in [2.05, 4.69) is 4.74 Å². The smallest absolute Gasteiger partial charge is 0.341 e. The van der Waals surface area contributed by atoms with Crippen LogP contribution in [0.1, 0.15) is 27.4 Å². The van der Waals surface area contributed by atoms with Gasteiger partial charge in [-0.05, 0) is 24.6 Å². The van der Waals surface area contributed by atoms with Crippen molar-refractivity contribution in [1.82, 2.24) is 0 Å². The van der Waals surface area contributed by atoms with Crippen molar-refractivity contribution in [3.63, 3.8) is 0 Å². The van der Waals surface area contributed by atoms with Crippen molar-refractivity contribution in [3.8, 4) is 0 Å². The molecule has 1 heterocycles. The lowest BCUT2D eigenvalue weighted by Gasteiger charge is -1.93. The number of aryl methyl sites for hydroxylation is 1. The summed E-state index contributed by atoms with van der Waals surface area (Å²) in [5.41, 5.74) is 1.54. The Bertz CT molecular complexity index is 565. The molecule has 0 fully saturated rings. The molecule has 18 heavy (non-hydrogen) atoms. The number of carbonyl (C=O) groups is 1. The highest BCUT2D eigenvalue weighted by molar-refractivity contribution is 5.91. The van der Waals surface area contributed by atoms with Crippen LogP contribution < -0.4 is 0 Å². The van der Waals surface area contributed by atoms with Gasteiger partial charge in [-0.25, -0.2) is 4.79 Å². The Balaban J connectivity index is 2.21. The van der Waals surface area contributed by atoms with Gasteiger partial charge in [0, 0.05) is 0 Å². The molecule has 0 aliphatic heterocycles. The van der Waals surface area contributed by atoms with Gasteiger partial charge in [0.1, 0.15) is 17.1 Å². The molecular weight excluding hydrogens is 228 g/mol. The van der Waals surface area contributed by atoms with Crippen LogP contribution in [0, 0.1) is 6.92 Å². The summed E-state index contributed by atoms with van der Waals surface area (Å²) in [5.74, 6) is 0.821. The van der Waals surface area contributed by atoms with E-state index in [0.29, 0.717) is 17.1 Å². The minimum Gasteiger partial charge on any atom is -0.465 e. The third-order valence-electron chi connectivity index (χ3n) is 2.58. The van der Waals surface area contributed by atoms with E-state index in [1.807, 2.05) is 42.5 Å². The number of methoxy groups -OCH3 is 1. The van der Waals surface area contributed by atoms with Gasteiger partial charge in [-0.2, -0.15) is 0 Å². The predicted octanol–water partition coefficient (Wildman–Crippen LogP) is 3.55. The predicted molar refractivity (Wildman–Crippen MR) is 70.2 cm³/mol. The van der Waals surface area contributed by atoms with Crippen LogP contribution in [-0.2, 0) is 4.74 Å². The molecule has 2 aromatic rings. The van der Waals surface area contributed by atoms with E-state index in [4.69, 9.17) is 4.42 Å². The van der Waals surface area contributed by atoms with Crippen molar-refractivity contribution in [2.75, 3.05) is 7.11 Å². The van der Waals surface area contributed by atoms with Crippen molar-refractivity contribution < 1.29 is 13.9 Å². The van der Waals surface area contributed by atoms with Crippen molar-refractivity contribution in [3.05, 3.63) is 59.0 Å². The third kappa shape index (κ3) is 2.69. The van der Waals surface area contributed by atoms with Crippen molar-refractivity contribution in [1.29, 1.82) is 0 Å². The Morgan fingerprint density at radius 2 is 1.94 bits per heavy atom. The first kappa shape index (κ1) is 12.2. The van der Waals surface area contributed by atoms with Gasteiger partial charge in [0.25, 0.3) is 0 Å². The van der Waals surface area contributed by atoms with E-state index >= 15 is 0 Å². The SMILES string of the molecule is COC(=O)c1cc(/C=C/c2ccccc2)oc1C. The number of benzene rings is 1. The molecule has 1 aromatic carbocycles. The van der Waals surface area contributed by atoms with Gasteiger partial charge in [0.15, 0.2) is 0 Å². The Kier molecular flexibility index (Phi) is 3.63. The fourth-order valence-corrected chi connectivity index (χ4v) is 1.64. The molecule has 92 valence electrons. The van der Waals surface area contributed by atoms with Crippen LogP contribution in [0.25, 0.3) is 12.2 Å². The largest absolute Gasteiger partial charge is 0.465 e. The molecule has 0 bridgehead atoms. The van der Waals surface area contributed by atoms with Crippen LogP contribution in [0.4, 0.5) is 0 Å². The lowest BCUT2D eigenvalue weighted by molar-refractivity contribution is 0.0599. The van der Waals surface area contributed by atoms with Gasteiger partial charge >= 0.3 is 5.97 Å². The maximum absolute atomic E-state index is 11.4. The minimum atomic E-state index is -0.379. The molecule has 0 atom stereocenters. The van der Waals surface area contributed by atoms with Crippen LogP contribution in [-0.4, -0.2) is 13.1 Å². The summed E-state index contributed by atoms with van der Waals surface area (Å²) in [6.07, 6.45) is 3.76. The number of carbonyl (C=O) groups excluding carboxylic acids is 1. The molecule has 0 aliphatic rings. The van der Waals surface area contributed by atoms with E-state index in [1.54, 1.807) is 13.0 Å². The van der Waals surface area contributed by atoms with Crippen LogP contribution in [0.2, 0.25) is 0 Å². The Labute approximate surface area is 106 Å². The number of hydrogen-bond donors (Lipinski definition) is 0. The number of ether oxygens (including phenoxy) is 1. The Morgan fingerprint density at radius 3 is 2.61 bits per heavy atom. The van der Waals surface area contributed by atoms with Gasteiger partial charge in [0.2, 0.25) is 0 Å². The first-order valence-corrected chi connectivity index (χ1v) is 5.62. The fourth-order valence-electron chi connectivity index (χ4n) is 1.64. The van der Waals surface area contributed by atoms with Crippen molar-refractivity contribution in [2.45, 2.75) is 6.92 Å². The Hall–Kier alpha value is -2.29. The molecule has 3 nitrogen and oxygen atoms in total. The molecule has 0 aliphatic carbocycles. The zero-order valence-electron chi connectivity index (χ0n) is 10.3. The first-order valence-electron chi connectivity index (χ1n) is 5.62. The van der Waals surface area contributed by atoms with Gasteiger partial charge in [-0.15, -0.1) is 0 Å². The highest BCUT2D eigenvalue weighted by Gasteiger charge is 2.13. The number of esters is 1. The molecular formula is C15H14O3. The van der Waals surface area contributed by atoms with Crippen LogP contribution in [0.3, 0.4) is 0 Å². The normalized spacial score (nSPS) is 10.8. The summed E-state index contributed by atoms with van der Waals surface area (Å²) < 4.78 is 10.1. The summed E-state index contributed by atoms with van der Waals surface area (Å²) in [6.45, 7) is 1.74. The number of hydrogen-bond acceptors (Lipinski definition) is 3. The standard InChI is InChI=1S/C15H14O3/c1-11-14(15(16)17-2)10-13(18-11)9-8-12-6-4-3-5-7-12/h3-10H,1-2H3/b9-8+. The molecule has 3 heteroatoms. The molecule has 0 radical (unpaired) electrons. The molecule has 0 saturated carbocycles. The van der Waals surface area contributed by atoms with E-state index in [-0.39, 0.29) is 5.97 Å². The summed E-state index contributed by atoms with van der Waals surface area (Å²) in [5, 5.41) is 0. The van der Waals surface area contributed by atoms with Gasteiger partial charge in [-0.3, -0.25) is 0 Å². The first-order chi connectivity index (χ1) is 8.70. The average molecular weight is 242 g/mol. The van der Waals surface area contributed by atoms with E-state index in [9.17, 15) is 4.79 Å². The number of rotatable bonds is 3. The molecule has 0 amide bonds. The molecule has 0 unspecified atom stereocenters. The van der Waals surface area contributed by atoms with Gasteiger partial charge in [0.05, 0.1) is 7.11 Å². The lowest BCUT2D eigenvalue weighted by atomic mass is 10.2. The second kappa shape index (κ2) is 5.36. The van der Waals surface area contributed by atoms with E-state index in [1.165, 1.54) is 7.11 Å². The average Bonchev–Trinajstić information content (AvgIpc) is 2.78. The number of furan rings is 1. The van der Waals surface area contributed by atoms with Gasteiger partial charge in [-0.1, -0.05) is 36.4 Å². The van der Waals surface area contributed by atoms with Crippen molar-refractivity contribution >= 4 is 18.1 Å². The monoisotopic (exact) mass is 242 g/mol. The zero-order chi connectivity index (χ0) is 13.0. The summed E-state index contributed by atoms with van der Waals surface area (Å²) in [6, 6.07) is 11.6. The molecule has 0 spiro atoms.